The second kappa shape index (κ2) is 10.5. The number of benzene rings is 3. The second-order valence-corrected chi connectivity index (χ2v) is 8.78. The molecule has 0 aliphatic carbocycles. The van der Waals surface area contributed by atoms with Crippen LogP contribution in [0.25, 0.3) is 11.1 Å². The number of carboxylic acid groups (broad SMARTS) is 1. The number of hydrogen-bond acceptors (Lipinski definition) is 6. The van der Waals surface area contributed by atoms with Gasteiger partial charge in [-0.05, 0) is 72.4 Å². The minimum absolute atomic E-state index is 0.0816. The maximum absolute atomic E-state index is 11.7. The summed E-state index contributed by atoms with van der Waals surface area (Å²) in [5, 5.41) is 17.4. The van der Waals surface area contributed by atoms with E-state index in [-0.39, 0.29) is 11.6 Å². The Morgan fingerprint density at radius 3 is 2.33 bits per heavy atom. The third-order valence-corrected chi connectivity index (χ3v) is 6.35. The van der Waals surface area contributed by atoms with Gasteiger partial charge in [0.2, 0.25) is 5.69 Å². The molecule has 1 aromatic heterocycles. The normalized spacial score (nSPS) is 13.4. The Morgan fingerprint density at radius 2 is 1.64 bits per heavy atom. The zero-order chi connectivity index (χ0) is 24.9. The molecule has 4 aromatic rings. The number of anilines is 1. The zero-order valence-electron chi connectivity index (χ0n) is 20.1. The fourth-order valence-corrected chi connectivity index (χ4v) is 4.41. The number of rotatable bonds is 8. The maximum atomic E-state index is 11.7. The summed E-state index contributed by atoms with van der Waals surface area (Å²) in [7, 11) is 1.61. The molecule has 3 aromatic carbocycles. The summed E-state index contributed by atoms with van der Waals surface area (Å²) in [5.41, 5.74) is 4.10. The first kappa shape index (κ1) is 23.4. The van der Waals surface area contributed by atoms with Crippen molar-refractivity contribution in [3.8, 4) is 28.5 Å². The molecule has 0 atom stereocenters. The third-order valence-electron chi connectivity index (χ3n) is 6.35. The van der Waals surface area contributed by atoms with Crippen LogP contribution in [-0.4, -0.2) is 46.3 Å². The average Bonchev–Trinajstić information content (AvgIpc) is 3.32. The Labute approximate surface area is 209 Å². The van der Waals surface area contributed by atoms with E-state index in [1.165, 1.54) is 29.6 Å². The molecule has 2 heterocycles. The first-order chi connectivity index (χ1) is 17.6. The molecule has 1 aliphatic rings. The monoisotopic (exact) mass is 484 g/mol. The molecule has 5 rings (SSSR count). The van der Waals surface area contributed by atoms with Crippen molar-refractivity contribution in [2.45, 2.75) is 25.8 Å². The number of nitrogens with zero attached hydrogens (tertiary/aromatic N) is 4. The van der Waals surface area contributed by atoms with Crippen molar-refractivity contribution in [2.75, 3.05) is 25.1 Å². The molecule has 1 N–H and O–H groups in total. The van der Waals surface area contributed by atoms with Gasteiger partial charge in [0.15, 0.2) is 0 Å². The van der Waals surface area contributed by atoms with Crippen molar-refractivity contribution in [3.05, 3.63) is 84.1 Å². The summed E-state index contributed by atoms with van der Waals surface area (Å²) in [6.07, 6.45) is 3.77. The van der Waals surface area contributed by atoms with Crippen LogP contribution in [-0.2, 0) is 6.54 Å². The number of piperidine rings is 1. The van der Waals surface area contributed by atoms with E-state index < -0.39 is 5.97 Å². The van der Waals surface area contributed by atoms with Crippen LogP contribution in [0.15, 0.2) is 72.8 Å². The number of methoxy groups -OCH3 is 1. The van der Waals surface area contributed by atoms with Crippen molar-refractivity contribution in [1.29, 1.82) is 0 Å². The van der Waals surface area contributed by atoms with E-state index in [1.807, 2.05) is 48.5 Å². The van der Waals surface area contributed by atoms with Crippen LogP contribution in [0.5, 0.6) is 17.4 Å². The number of ether oxygens (including phenoxy) is 2. The van der Waals surface area contributed by atoms with Crippen LogP contribution < -0.4 is 14.4 Å². The molecule has 1 aliphatic heterocycles. The highest BCUT2D eigenvalue weighted by atomic mass is 16.5. The Morgan fingerprint density at radius 1 is 0.917 bits per heavy atom. The van der Waals surface area contributed by atoms with Gasteiger partial charge in [-0.3, -0.25) is 0 Å². The van der Waals surface area contributed by atoms with Crippen LogP contribution >= 0.6 is 0 Å². The predicted octanol–water partition coefficient (Wildman–Crippen LogP) is 5.48. The lowest BCUT2D eigenvalue weighted by Crippen LogP contribution is -2.29. The fraction of sp³-hybridized carbons (Fsp3) is 0.250. The SMILES string of the molecule is COc1ccc(Cn2nnc(C(=O)O)c2Oc2ccc(-c3cccc(N4CCCCC4)c3)cc2)cc1. The lowest BCUT2D eigenvalue weighted by atomic mass is 10.0. The summed E-state index contributed by atoms with van der Waals surface area (Å²) in [6, 6.07) is 23.6. The number of hydrogen-bond donors (Lipinski definition) is 1. The Kier molecular flexibility index (Phi) is 6.84. The summed E-state index contributed by atoms with van der Waals surface area (Å²) in [4.78, 5) is 14.2. The van der Waals surface area contributed by atoms with Crippen LogP contribution in [0.2, 0.25) is 0 Å². The van der Waals surface area contributed by atoms with Crippen molar-refractivity contribution < 1.29 is 19.4 Å². The van der Waals surface area contributed by atoms with E-state index in [1.54, 1.807) is 7.11 Å². The highest BCUT2D eigenvalue weighted by Crippen LogP contribution is 2.30. The smallest absolute Gasteiger partial charge is 0.362 e. The molecular weight excluding hydrogens is 456 g/mol. The highest BCUT2D eigenvalue weighted by molar-refractivity contribution is 5.87. The topological polar surface area (TPSA) is 89.7 Å². The molecule has 0 unspecified atom stereocenters. The highest BCUT2D eigenvalue weighted by Gasteiger charge is 2.22. The van der Waals surface area contributed by atoms with E-state index >= 15 is 0 Å². The number of aromatic nitrogens is 3. The fourth-order valence-electron chi connectivity index (χ4n) is 4.41. The molecule has 8 heteroatoms. The van der Waals surface area contributed by atoms with E-state index in [0.29, 0.717) is 12.3 Å². The first-order valence-corrected chi connectivity index (χ1v) is 12.0. The summed E-state index contributed by atoms with van der Waals surface area (Å²) >= 11 is 0. The molecule has 1 fully saturated rings. The number of carboxylic acids is 1. The minimum Gasteiger partial charge on any atom is -0.497 e. The summed E-state index contributed by atoms with van der Waals surface area (Å²) in [6.45, 7) is 2.50. The third kappa shape index (κ3) is 5.17. The van der Waals surface area contributed by atoms with Gasteiger partial charge in [-0.1, -0.05) is 41.6 Å². The van der Waals surface area contributed by atoms with Gasteiger partial charge < -0.3 is 19.5 Å². The standard InChI is InChI=1S/C28H28N4O4/c1-35-24-12-8-20(9-13-24)19-32-27(26(28(33)34)29-30-32)36-25-14-10-21(11-15-25)22-6-5-7-23(18-22)31-16-3-2-4-17-31/h5-15,18H,2-4,16-17,19H2,1H3,(H,33,34). The molecule has 0 saturated carbocycles. The molecule has 0 bridgehead atoms. The quantitative estimate of drug-likeness (QED) is 0.354. The molecule has 0 radical (unpaired) electrons. The van der Waals surface area contributed by atoms with Crippen molar-refractivity contribution >= 4 is 11.7 Å². The summed E-state index contributed by atoms with van der Waals surface area (Å²) in [5.74, 6) is 0.128. The van der Waals surface area contributed by atoms with Crippen molar-refractivity contribution in [1.82, 2.24) is 15.0 Å². The molecular formula is C28H28N4O4. The van der Waals surface area contributed by atoms with Gasteiger partial charge in [-0.25, -0.2) is 9.48 Å². The van der Waals surface area contributed by atoms with E-state index in [4.69, 9.17) is 9.47 Å². The van der Waals surface area contributed by atoms with Gasteiger partial charge >= 0.3 is 5.97 Å². The van der Waals surface area contributed by atoms with Crippen LogP contribution in [0, 0.1) is 0 Å². The lowest BCUT2D eigenvalue weighted by Gasteiger charge is -2.29. The van der Waals surface area contributed by atoms with Gasteiger partial charge in [0, 0.05) is 18.8 Å². The second-order valence-electron chi connectivity index (χ2n) is 8.78. The molecule has 8 nitrogen and oxygen atoms in total. The van der Waals surface area contributed by atoms with Gasteiger partial charge in [-0.15, -0.1) is 5.10 Å². The maximum Gasteiger partial charge on any atom is 0.362 e. The minimum atomic E-state index is -1.20. The zero-order valence-corrected chi connectivity index (χ0v) is 20.1. The molecule has 36 heavy (non-hydrogen) atoms. The summed E-state index contributed by atoms with van der Waals surface area (Å²) < 4.78 is 12.6. The average molecular weight is 485 g/mol. The molecule has 0 spiro atoms. The van der Waals surface area contributed by atoms with E-state index in [0.717, 1.165) is 35.5 Å². The van der Waals surface area contributed by atoms with Crippen molar-refractivity contribution in [3.63, 3.8) is 0 Å². The lowest BCUT2D eigenvalue weighted by molar-refractivity contribution is 0.0687. The van der Waals surface area contributed by atoms with Crippen molar-refractivity contribution in [2.24, 2.45) is 0 Å². The Hall–Kier alpha value is -4.33. The van der Waals surface area contributed by atoms with Crippen LogP contribution in [0.1, 0.15) is 35.3 Å². The van der Waals surface area contributed by atoms with Gasteiger partial charge in [0.05, 0.1) is 13.7 Å². The van der Waals surface area contributed by atoms with E-state index in [9.17, 15) is 9.90 Å². The number of aromatic carboxylic acids is 1. The first-order valence-electron chi connectivity index (χ1n) is 12.0. The van der Waals surface area contributed by atoms with E-state index in [2.05, 4.69) is 39.5 Å². The van der Waals surface area contributed by atoms with Gasteiger partial charge in [-0.2, -0.15) is 0 Å². The largest absolute Gasteiger partial charge is 0.497 e. The molecule has 1 saturated heterocycles. The molecule has 0 amide bonds. The van der Waals surface area contributed by atoms with Gasteiger partial charge in [0.25, 0.3) is 5.88 Å². The van der Waals surface area contributed by atoms with Gasteiger partial charge in [0.1, 0.15) is 11.5 Å². The Bertz CT molecular complexity index is 1330. The van der Waals surface area contributed by atoms with Crippen LogP contribution in [0.3, 0.4) is 0 Å². The Balaban J connectivity index is 1.35. The van der Waals surface area contributed by atoms with Crippen LogP contribution in [0.4, 0.5) is 5.69 Å². The molecule has 184 valence electrons. The predicted molar refractivity (Wildman–Crippen MR) is 137 cm³/mol. The number of carbonyl (C=O) groups is 1.